The minimum Gasteiger partial charge on any atom is -0.487 e. The normalized spacial score (nSPS) is 10.4. The molecule has 0 amide bonds. The van der Waals surface area contributed by atoms with Crippen LogP contribution in [0.4, 0.5) is 16.5 Å². The average molecular weight is 306 g/mol. The molecule has 114 valence electrons. The van der Waals surface area contributed by atoms with E-state index in [1.54, 1.807) is 0 Å². The minimum absolute atomic E-state index is 0.464. The lowest BCUT2D eigenvalue weighted by Crippen LogP contribution is -2.20. The predicted octanol–water partition coefficient (Wildman–Crippen LogP) is 3.06. The highest BCUT2D eigenvalue weighted by Gasteiger charge is 2.11. The number of nitrogen functional groups attached to an aromatic ring is 1. The maximum absolute atomic E-state index is 5.78. The molecule has 0 atom stereocenters. The van der Waals surface area contributed by atoms with Crippen LogP contribution in [-0.4, -0.2) is 31.1 Å². The van der Waals surface area contributed by atoms with Crippen LogP contribution in [0.2, 0.25) is 0 Å². The summed E-state index contributed by atoms with van der Waals surface area (Å²) in [4.78, 5) is 2.24. The zero-order valence-corrected chi connectivity index (χ0v) is 13.3. The summed E-state index contributed by atoms with van der Waals surface area (Å²) in [6.45, 7) is 4.37. The molecule has 2 aromatic rings. The topological polar surface area (TPSA) is 63.4 Å². The van der Waals surface area contributed by atoms with E-state index < -0.39 is 0 Å². The van der Waals surface area contributed by atoms with Crippen LogP contribution in [0.1, 0.15) is 13.3 Å². The van der Waals surface area contributed by atoms with E-state index in [0.29, 0.717) is 18.2 Å². The van der Waals surface area contributed by atoms with Gasteiger partial charge < -0.3 is 20.7 Å². The van der Waals surface area contributed by atoms with Crippen molar-refractivity contribution < 1.29 is 4.74 Å². The van der Waals surface area contributed by atoms with Crippen LogP contribution in [0.25, 0.3) is 0 Å². The molecule has 1 aromatic carbocycles. The minimum atomic E-state index is 0.464. The van der Waals surface area contributed by atoms with Crippen LogP contribution in [0.15, 0.2) is 30.3 Å². The van der Waals surface area contributed by atoms with E-state index in [4.69, 9.17) is 10.5 Å². The van der Waals surface area contributed by atoms with Gasteiger partial charge in [-0.3, -0.25) is 0 Å². The molecule has 3 N–H and O–H groups in total. The van der Waals surface area contributed by atoms with Crippen LogP contribution in [0, 0.1) is 0 Å². The van der Waals surface area contributed by atoms with Gasteiger partial charge in [0.25, 0.3) is 0 Å². The molecule has 0 aliphatic carbocycles. The largest absolute Gasteiger partial charge is 0.487 e. The first-order valence-electron chi connectivity index (χ1n) is 7.10. The van der Waals surface area contributed by atoms with E-state index >= 15 is 0 Å². The van der Waals surface area contributed by atoms with Crippen LogP contribution in [-0.2, 0) is 0 Å². The Balaban J connectivity index is 1.77. The van der Waals surface area contributed by atoms with Crippen molar-refractivity contribution in [1.29, 1.82) is 0 Å². The Bertz CT molecular complexity index is 544. The molecule has 0 fully saturated rings. The second-order valence-electron chi connectivity index (χ2n) is 4.70. The van der Waals surface area contributed by atoms with Crippen molar-refractivity contribution in [2.75, 3.05) is 42.7 Å². The molecular weight excluding hydrogens is 284 g/mol. The predicted molar refractivity (Wildman–Crippen MR) is 90.5 cm³/mol. The molecule has 0 radical (unpaired) electrons. The van der Waals surface area contributed by atoms with Gasteiger partial charge in [0.05, 0.1) is 6.61 Å². The van der Waals surface area contributed by atoms with E-state index in [1.165, 1.54) is 17.2 Å². The van der Waals surface area contributed by atoms with Gasteiger partial charge in [0.1, 0.15) is 0 Å². The maximum atomic E-state index is 5.78. The van der Waals surface area contributed by atoms with Crippen molar-refractivity contribution in [3.63, 3.8) is 0 Å². The molecule has 21 heavy (non-hydrogen) atoms. The van der Waals surface area contributed by atoms with Crippen molar-refractivity contribution in [2.24, 2.45) is 0 Å². The van der Waals surface area contributed by atoms with Crippen LogP contribution >= 0.6 is 11.5 Å². The number of aromatic nitrogens is 1. The summed E-state index contributed by atoms with van der Waals surface area (Å²) in [6.07, 6.45) is 1.02. The number of hydrogen-bond acceptors (Lipinski definition) is 6. The van der Waals surface area contributed by atoms with E-state index in [-0.39, 0.29) is 0 Å². The molecule has 0 saturated heterocycles. The number of nitrogens with one attached hydrogen (secondary N) is 1. The standard InChI is InChI=1S/C15H22N4OS/c1-3-20-13-14(16)18-21-15(13)17-10-7-11-19(2)12-8-5-4-6-9-12/h4-6,8-9,17H,3,7,10-11H2,1-2H3,(H2,16,18). The molecule has 1 aromatic heterocycles. The number of benzene rings is 1. The number of anilines is 3. The van der Waals surface area contributed by atoms with Crippen LogP contribution < -0.4 is 20.7 Å². The van der Waals surface area contributed by atoms with Gasteiger partial charge in [-0.1, -0.05) is 18.2 Å². The lowest BCUT2D eigenvalue weighted by molar-refractivity contribution is 0.344. The third-order valence-electron chi connectivity index (χ3n) is 3.12. The molecule has 0 aliphatic heterocycles. The van der Waals surface area contributed by atoms with Gasteiger partial charge >= 0.3 is 0 Å². The van der Waals surface area contributed by atoms with Gasteiger partial charge in [0.15, 0.2) is 16.6 Å². The van der Waals surface area contributed by atoms with Crippen LogP contribution in [0.3, 0.4) is 0 Å². The van der Waals surface area contributed by atoms with Gasteiger partial charge in [-0.25, -0.2) is 0 Å². The molecule has 0 unspecified atom stereocenters. The maximum Gasteiger partial charge on any atom is 0.197 e. The summed E-state index contributed by atoms with van der Waals surface area (Å²) in [5.41, 5.74) is 7.01. The lowest BCUT2D eigenvalue weighted by Gasteiger charge is -2.19. The summed E-state index contributed by atoms with van der Waals surface area (Å²) in [5.74, 6) is 1.14. The monoisotopic (exact) mass is 306 g/mol. The van der Waals surface area contributed by atoms with Crippen LogP contribution in [0.5, 0.6) is 5.75 Å². The highest BCUT2D eigenvalue weighted by Crippen LogP contribution is 2.34. The summed E-state index contributed by atoms with van der Waals surface area (Å²) < 4.78 is 9.62. The quantitative estimate of drug-likeness (QED) is 0.734. The highest BCUT2D eigenvalue weighted by atomic mass is 32.1. The Morgan fingerprint density at radius 3 is 2.81 bits per heavy atom. The Morgan fingerprint density at radius 1 is 1.33 bits per heavy atom. The Hall–Kier alpha value is -1.95. The third kappa shape index (κ3) is 4.26. The van der Waals surface area contributed by atoms with Gasteiger partial charge in [0.2, 0.25) is 0 Å². The summed E-state index contributed by atoms with van der Waals surface area (Å²) in [6, 6.07) is 10.4. The number of nitrogens with zero attached hydrogens (tertiary/aromatic N) is 2. The molecular formula is C15H22N4OS. The van der Waals surface area contributed by atoms with E-state index in [1.807, 2.05) is 13.0 Å². The second-order valence-corrected chi connectivity index (χ2v) is 5.47. The fourth-order valence-electron chi connectivity index (χ4n) is 2.02. The molecule has 6 heteroatoms. The molecule has 0 saturated carbocycles. The summed E-state index contributed by atoms with van der Waals surface area (Å²) >= 11 is 1.35. The van der Waals surface area contributed by atoms with Gasteiger partial charge in [-0.2, -0.15) is 4.37 Å². The second kappa shape index (κ2) is 7.73. The number of nitrogens with two attached hydrogens (primary N) is 1. The Morgan fingerprint density at radius 2 is 2.10 bits per heavy atom. The first-order chi connectivity index (χ1) is 10.2. The number of hydrogen-bond donors (Lipinski definition) is 2. The Labute approximate surface area is 129 Å². The van der Waals surface area contributed by atoms with Crippen molar-refractivity contribution >= 4 is 28.0 Å². The fraction of sp³-hybridized carbons (Fsp3) is 0.400. The molecule has 2 rings (SSSR count). The van der Waals surface area contributed by atoms with E-state index in [2.05, 4.69) is 45.9 Å². The highest BCUT2D eigenvalue weighted by molar-refractivity contribution is 7.11. The zero-order valence-electron chi connectivity index (χ0n) is 12.5. The first kappa shape index (κ1) is 15.4. The van der Waals surface area contributed by atoms with Crippen molar-refractivity contribution in [2.45, 2.75) is 13.3 Å². The zero-order chi connectivity index (χ0) is 15.1. The van der Waals surface area contributed by atoms with Crippen molar-refractivity contribution in [3.8, 4) is 5.75 Å². The number of ether oxygens (including phenoxy) is 1. The van der Waals surface area contributed by atoms with Crippen molar-refractivity contribution in [1.82, 2.24) is 4.37 Å². The number of para-hydroxylation sites is 1. The Kier molecular flexibility index (Phi) is 5.68. The fourth-order valence-corrected chi connectivity index (χ4v) is 2.71. The molecule has 1 heterocycles. The third-order valence-corrected chi connectivity index (χ3v) is 3.92. The van der Waals surface area contributed by atoms with E-state index in [0.717, 1.165) is 24.5 Å². The van der Waals surface area contributed by atoms with Gasteiger partial charge in [-0.15, -0.1) is 0 Å². The molecule has 0 aliphatic rings. The first-order valence-corrected chi connectivity index (χ1v) is 7.87. The number of rotatable bonds is 8. The van der Waals surface area contributed by atoms with Crippen molar-refractivity contribution in [3.05, 3.63) is 30.3 Å². The SMILES string of the molecule is CCOc1c(N)nsc1NCCCN(C)c1ccccc1. The summed E-state index contributed by atoms with van der Waals surface area (Å²) in [7, 11) is 2.10. The smallest absolute Gasteiger partial charge is 0.197 e. The average Bonchev–Trinajstić information content (AvgIpc) is 2.86. The molecule has 5 nitrogen and oxygen atoms in total. The molecule has 0 bridgehead atoms. The molecule has 0 spiro atoms. The summed E-state index contributed by atoms with van der Waals surface area (Å²) in [5, 5.41) is 4.26. The lowest BCUT2D eigenvalue weighted by atomic mass is 10.3. The van der Waals surface area contributed by atoms with Gasteiger partial charge in [0, 0.05) is 25.8 Å². The van der Waals surface area contributed by atoms with E-state index in [9.17, 15) is 0 Å². The van der Waals surface area contributed by atoms with Gasteiger partial charge in [-0.05, 0) is 37.0 Å².